The van der Waals surface area contributed by atoms with Crippen LogP contribution in [0.25, 0.3) is 16.7 Å². The van der Waals surface area contributed by atoms with E-state index in [-0.39, 0.29) is 5.82 Å². The molecule has 6 heteroatoms. The van der Waals surface area contributed by atoms with Crippen molar-refractivity contribution in [2.75, 3.05) is 0 Å². The molecule has 0 aliphatic heterocycles. The van der Waals surface area contributed by atoms with Gasteiger partial charge < -0.3 is 5.11 Å². The van der Waals surface area contributed by atoms with Gasteiger partial charge in [-0.3, -0.25) is 0 Å². The van der Waals surface area contributed by atoms with Gasteiger partial charge in [-0.1, -0.05) is 37.5 Å². The van der Waals surface area contributed by atoms with Gasteiger partial charge in [0.15, 0.2) is 5.65 Å². The smallest absolute Gasteiger partial charge is 0.374 e. The predicted octanol–water partition coefficient (Wildman–Crippen LogP) is 3.56. The van der Waals surface area contributed by atoms with Gasteiger partial charge in [0.1, 0.15) is 0 Å². The first-order chi connectivity index (χ1) is 11.7. The number of rotatable bonds is 3. The fourth-order valence-corrected chi connectivity index (χ4v) is 3.53. The molecule has 2 aromatic heterocycles. The van der Waals surface area contributed by atoms with Crippen molar-refractivity contribution in [3.05, 3.63) is 48.0 Å². The van der Waals surface area contributed by atoms with Crippen LogP contribution >= 0.6 is 0 Å². The highest BCUT2D eigenvalue weighted by Gasteiger charge is 2.25. The molecule has 0 radical (unpaired) electrons. The van der Waals surface area contributed by atoms with Crippen LogP contribution in [0.1, 0.15) is 54.3 Å². The molecule has 0 spiro atoms. The van der Waals surface area contributed by atoms with Crippen LogP contribution < -0.4 is 0 Å². The van der Waals surface area contributed by atoms with E-state index in [1.807, 2.05) is 35.0 Å². The standard InChI is InChI=1S/C18H18N4O2/c23-18(24)17-19-11-14-15(12-7-3-1-4-8-12)22(21-16(14)20-17)13-9-5-2-6-10-13/h2,5-6,9-12H,1,3-4,7-8H2,(H,23,24). The van der Waals surface area contributed by atoms with Crippen LogP contribution in [0.15, 0.2) is 36.5 Å². The van der Waals surface area contributed by atoms with Crippen LogP contribution in [-0.4, -0.2) is 30.8 Å². The van der Waals surface area contributed by atoms with Gasteiger partial charge in [0.05, 0.1) is 16.8 Å². The highest BCUT2D eigenvalue weighted by atomic mass is 16.4. The number of para-hydroxylation sites is 1. The van der Waals surface area contributed by atoms with E-state index in [1.165, 1.54) is 19.3 Å². The Morgan fingerprint density at radius 1 is 1.12 bits per heavy atom. The molecule has 0 atom stereocenters. The number of carboxylic acid groups (broad SMARTS) is 1. The molecular formula is C18H18N4O2. The molecular weight excluding hydrogens is 304 g/mol. The lowest BCUT2D eigenvalue weighted by Gasteiger charge is -2.23. The summed E-state index contributed by atoms with van der Waals surface area (Å²) in [5, 5.41) is 14.6. The van der Waals surface area contributed by atoms with Gasteiger partial charge in [-0.15, -0.1) is 5.10 Å². The van der Waals surface area contributed by atoms with Crippen LogP contribution in [0.2, 0.25) is 0 Å². The third-order valence-corrected chi connectivity index (χ3v) is 4.65. The molecule has 3 aromatic rings. The van der Waals surface area contributed by atoms with Gasteiger partial charge in [0.25, 0.3) is 0 Å². The summed E-state index contributed by atoms with van der Waals surface area (Å²) in [6.07, 6.45) is 7.54. The molecule has 0 amide bonds. The highest BCUT2D eigenvalue weighted by Crippen LogP contribution is 2.37. The topological polar surface area (TPSA) is 80.9 Å². The minimum atomic E-state index is -1.13. The summed E-state index contributed by atoms with van der Waals surface area (Å²) < 4.78 is 1.92. The van der Waals surface area contributed by atoms with Gasteiger partial charge in [0, 0.05) is 12.1 Å². The Kier molecular flexibility index (Phi) is 3.72. The second-order valence-electron chi connectivity index (χ2n) is 6.20. The van der Waals surface area contributed by atoms with Crippen LogP contribution in [0.4, 0.5) is 0 Å². The second kappa shape index (κ2) is 6.03. The molecule has 4 rings (SSSR count). The van der Waals surface area contributed by atoms with E-state index >= 15 is 0 Å². The first kappa shape index (κ1) is 14.8. The van der Waals surface area contributed by atoms with E-state index in [1.54, 1.807) is 6.20 Å². The molecule has 0 unspecified atom stereocenters. The molecule has 1 N–H and O–H groups in total. The van der Waals surface area contributed by atoms with Crippen LogP contribution in [0.5, 0.6) is 0 Å². The zero-order valence-corrected chi connectivity index (χ0v) is 13.2. The number of benzene rings is 1. The molecule has 2 heterocycles. The van der Waals surface area contributed by atoms with Crippen LogP contribution in [-0.2, 0) is 0 Å². The Hall–Kier alpha value is -2.76. The molecule has 6 nitrogen and oxygen atoms in total. The van der Waals surface area contributed by atoms with Crippen LogP contribution in [0.3, 0.4) is 0 Å². The zero-order valence-electron chi connectivity index (χ0n) is 13.2. The molecule has 1 aliphatic rings. The van der Waals surface area contributed by atoms with E-state index in [9.17, 15) is 4.79 Å². The maximum Gasteiger partial charge on any atom is 0.374 e. The summed E-state index contributed by atoms with van der Waals surface area (Å²) in [4.78, 5) is 19.3. The number of hydrogen-bond donors (Lipinski definition) is 1. The van der Waals surface area contributed by atoms with Crippen molar-refractivity contribution in [2.24, 2.45) is 0 Å². The van der Waals surface area contributed by atoms with Gasteiger partial charge in [0.2, 0.25) is 5.82 Å². The van der Waals surface area contributed by atoms with E-state index in [4.69, 9.17) is 5.11 Å². The first-order valence-electron chi connectivity index (χ1n) is 8.28. The third kappa shape index (κ3) is 2.54. The van der Waals surface area contributed by atoms with Crippen molar-refractivity contribution in [2.45, 2.75) is 38.0 Å². The summed E-state index contributed by atoms with van der Waals surface area (Å²) >= 11 is 0. The fourth-order valence-electron chi connectivity index (χ4n) is 3.53. The van der Waals surface area contributed by atoms with E-state index in [0.29, 0.717) is 11.6 Å². The van der Waals surface area contributed by atoms with Crippen molar-refractivity contribution >= 4 is 17.0 Å². The lowest BCUT2D eigenvalue weighted by atomic mass is 9.86. The molecule has 24 heavy (non-hydrogen) atoms. The van der Waals surface area contributed by atoms with Gasteiger partial charge in [-0.05, 0) is 25.0 Å². The molecule has 1 aliphatic carbocycles. The van der Waals surface area contributed by atoms with Crippen molar-refractivity contribution in [1.29, 1.82) is 0 Å². The first-order valence-corrected chi connectivity index (χ1v) is 8.28. The number of aromatic nitrogens is 4. The SMILES string of the molecule is O=C(O)c1ncc2c(C3CCCCC3)n(-c3ccccc3)nc2n1. The largest absolute Gasteiger partial charge is 0.475 e. The van der Waals surface area contributed by atoms with E-state index < -0.39 is 5.97 Å². The zero-order chi connectivity index (χ0) is 16.5. The summed E-state index contributed by atoms with van der Waals surface area (Å²) in [6.45, 7) is 0. The Morgan fingerprint density at radius 2 is 1.88 bits per heavy atom. The summed E-state index contributed by atoms with van der Waals surface area (Å²) in [6, 6.07) is 9.92. The monoisotopic (exact) mass is 322 g/mol. The summed E-state index contributed by atoms with van der Waals surface area (Å²) in [5.41, 5.74) is 2.52. The average molecular weight is 322 g/mol. The lowest BCUT2D eigenvalue weighted by molar-refractivity contribution is 0.0684. The van der Waals surface area contributed by atoms with Crippen molar-refractivity contribution in [3.8, 4) is 5.69 Å². The lowest BCUT2D eigenvalue weighted by Crippen LogP contribution is -2.11. The number of nitrogens with zero attached hydrogens (tertiary/aromatic N) is 4. The van der Waals surface area contributed by atoms with Gasteiger partial charge >= 0.3 is 5.97 Å². The number of carbonyl (C=O) groups is 1. The number of aromatic carboxylic acids is 1. The highest BCUT2D eigenvalue weighted by molar-refractivity contribution is 5.87. The fraction of sp³-hybridized carbons (Fsp3) is 0.333. The Balaban J connectivity index is 1.93. The Bertz CT molecular complexity index is 883. The molecule has 122 valence electrons. The third-order valence-electron chi connectivity index (χ3n) is 4.65. The normalized spacial score (nSPS) is 15.7. The molecule has 1 saturated carbocycles. The Morgan fingerprint density at radius 3 is 2.58 bits per heavy atom. The minimum absolute atomic E-state index is 0.213. The Labute approximate surface area is 139 Å². The molecule has 1 aromatic carbocycles. The molecule has 0 saturated heterocycles. The van der Waals surface area contributed by atoms with Crippen molar-refractivity contribution in [3.63, 3.8) is 0 Å². The maximum absolute atomic E-state index is 11.1. The van der Waals surface area contributed by atoms with Crippen molar-refractivity contribution in [1.82, 2.24) is 19.7 Å². The number of fused-ring (bicyclic) bond motifs is 1. The summed E-state index contributed by atoms with van der Waals surface area (Å²) in [7, 11) is 0. The quantitative estimate of drug-likeness (QED) is 0.797. The average Bonchev–Trinajstić information content (AvgIpc) is 3.01. The summed E-state index contributed by atoms with van der Waals surface area (Å²) in [5.74, 6) is -0.941. The second-order valence-corrected chi connectivity index (χ2v) is 6.20. The minimum Gasteiger partial charge on any atom is -0.475 e. The molecule has 1 fully saturated rings. The van der Waals surface area contributed by atoms with E-state index in [2.05, 4.69) is 15.1 Å². The van der Waals surface area contributed by atoms with Crippen molar-refractivity contribution < 1.29 is 9.90 Å². The molecule has 0 bridgehead atoms. The predicted molar refractivity (Wildman–Crippen MR) is 89.4 cm³/mol. The van der Waals surface area contributed by atoms with E-state index in [0.717, 1.165) is 29.6 Å². The maximum atomic E-state index is 11.1. The van der Waals surface area contributed by atoms with Gasteiger partial charge in [-0.25, -0.2) is 19.4 Å². The van der Waals surface area contributed by atoms with Crippen LogP contribution in [0, 0.1) is 0 Å². The number of hydrogen-bond acceptors (Lipinski definition) is 4. The number of carboxylic acids is 1. The van der Waals surface area contributed by atoms with Gasteiger partial charge in [-0.2, -0.15) is 0 Å².